The fraction of sp³-hybridized carbons (Fsp3) is 0.136. The molecule has 0 N–H and O–H groups in total. The summed E-state index contributed by atoms with van der Waals surface area (Å²) >= 11 is 6.32. The van der Waals surface area contributed by atoms with Crippen LogP contribution in [0.25, 0.3) is 16.9 Å². The summed E-state index contributed by atoms with van der Waals surface area (Å²) in [4.78, 5) is 4.90. The molecule has 2 heterocycles. The van der Waals surface area contributed by atoms with Crippen molar-refractivity contribution in [2.45, 2.75) is 18.2 Å². The molecule has 0 bridgehead atoms. The first-order valence-corrected chi connectivity index (χ1v) is 11.4. The van der Waals surface area contributed by atoms with Gasteiger partial charge in [0.05, 0.1) is 21.3 Å². The van der Waals surface area contributed by atoms with Crippen LogP contribution in [-0.4, -0.2) is 24.1 Å². The molecule has 7 heteroatoms. The molecule has 0 saturated heterocycles. The summed E-state index contributed by atoms with van der Waals surface area (Å²) < 4.78 is 31.5. The monoisotopic (exact) mass is 426 g/mol. The van der Waals surface area contributed by atoms with Crippen molar-refractivity contribution in [3.05, 3.63) is 77.6 Å². The lowest BCUT2D eigenvalue weighted by molar-refractivity contribution is 0.481. The number of imidazole rings is 1. The Morgan fingerprint density at radius 3 is 2.48 bits per heavy atom. The van der Waals surface area contributed by atoms with Crippen molar-refractivity contribution in [2.75, 3.05) is 6.26 Å². The smallest absolute Gasteiger partial charge is 0.175 e. The highest BCUT2D eigenvalue weighted by Gasteiger charge is 2.15. The van der Waals surface area contributed by atoms with Crippen LogP contribution < -0.4 is 4.74 Å². The van der Waals surface area contributed by atoms with Gasteiger partial charge in [-0.3, -0.25) is 4.40 Å². The lowest BCUT2D eigenvalue weighted by Crippen LogP contribution is -1.97. The van der Waals surface area contributed by atoms with Gasteiger partial charge in [-0.2, -0.15) is 0 Å². The highest BCUT2D eigenvalue weighted by molar-refractivity contribution is 7.90. The van der Waals surface area contributed by atoms with Crippen LogP contribution in [-0.2, 0) is 16.3 Å². The van der Waals surface area contributed by atoms with Gasteiger partial charge in [0.25, 0.3) is 0 Å². The van der Waals surface area contributed by atoms with Gasteiger partial charge in [0.2, 0.25) is 0 Å². The Morgan fingerprint density at radius 2 is 1.76 bits per heavy atom. The zero-order valence-corrected chi connectivity index (χ0v) is 17.5. The van der Waals surface area contributed by atoms with E-state index in [-0.39, 0.29) is 4.90 Å². The molecule has 0 aliphatic heterocycles. The van der Waals surface area contributed by atoms with Crippen LogP contribution in [0.2, 0.25) is 5.02 Å². The molecule has 2 aromatic heterocycles. The third kappa shape index (κ3) is 3.86. The van der Waals surface area contributed by atoms with E-state index in [1.807, 2.05) is 47.0 Å². The summed E-state index contributed by atoms with van der Waals surface area (Å²) in [5, 5.41) is 0.596. The van der Waals surface area contributed by atoms with Gasteiger partial charge < -0.3 is 4.74 Å². The molecule has 0 spiro atoms. The largest absolute Gasteiger partial charge is 0.457 e. The van der Waals surface area contributed by atoms with E-state index in [9.17, 15) is 8.42 Å². The minimum Gasteiger partial charge on any atom is -0.457 e. The molecule has 29 heavy (non-hydrogen) atoms. The van der Waals surface area contributed by atoms with Gasteiger partial charge >= 0.3 is 0 Å². The van der Waals surface area contributed by atoms with Crippen LogP contribution in [0.4, 0.5) is 0 Å². The van der Waals surface area contributed by atoms with E-state index in [4.69, 9.17) is 16.3 Å². The summed E-state index contributed by atoms with van der Waals surface area (Å²) in [5.41, 5.74) is 3.55. The SMILES string of the molecule is CCc1nc2c(Cl)cccn2c1-c1cccc(Oc2cccc(S(C)(=O)=O)c2)c1. The Kier molecular flexibility index (Phi) is 5.06. The van der Waals surface area contributed by atoms with Crippen LogP contribution in [0.5, 0.6) is 11.5 Å². The Morgan fingerprint density at radius 1 is 1.03 bits per heavy atom. The zero-order chi connectivity index (χ0) is 20.6. The second kappa shape index (κ2) is 7.54. The highest BCUT2D eigenvalue weighted by Crippen LogP contribution is 2.32. The number of halogens is 1. The lowest BCUT2D eigenvalue weighted by atomic mass is 10.1. The van der Waals surface area contributed by atoms with Crippen LogP contribution in [0.1, 0.15) is 12.6 Å². The highest BCUT2D eigenvalue weighted by atomic mass is 35.5. The maximum absolute atomic E-state index is 11.8. The van der Waals surface area contributed by atoms with Crippen molar-refractivity contribution >= 4 is 27.1 Å². The molecule has 0 atom stereocenters. The molecule has 0 aliphatic carbocycles. The lowest BCUT2D eigenvalue weighted by Gasteiger charge is -2.10. The van der Waals surface area contributed by atoms with E-state index in [0.717, 1.165) is 23.4 Å². The quantitative estimate of drug-likeness (QED) is 0.428. The predicted molar refractivity (Wildman–Crippen MR) is 115 cm³/mol. The van der Waals surface area contributed by atoms with Crippen molar-refractivity contribution in [2.24, 2.45) is 0 Å². The van der Waals surface area contributed by atoms with Crippen molar-refractivity contribution in [1.29, 1.82) is 0 Å². The van der Waals surface area contributed by atoms with Gasteiger partial charge in [-0.25, -0.2) is 13.4 Å². The van der Waals surface area contributed by atoms with Crippen LogP contribution in [0.15, 0.2) is 71.8 Å². The normalized spacial score (nSPS) is 11.7. The van der Waals surface area contributed by atoms with Crippen LogP contribution >= 0.6 is 11.6 Å². The number of hydrogen-bond donors (Lipinski definition) is 0. The Balaban J connectivity index is 1.76. The van der Waals surface area contributed by atoms with Gasteiger partial charge in [-0.1, -0.05) is 36.7 Å². The van der Waals surface area contributed by atoms with Gasteiger partial charge in [-0.15, -0.1) is 0 Å². The van der Waals surface area contributed by atoms with E-state index >= 15 is 0 Å². The number of sulfone groups is 1. The third-order valence-corrected chi connectivity index (χ3v) is 5.99. The van der Waals surface area contributed by atoms with E-state index < -0.39 is 9.84 Å². The third-order valence-electron chi connectivity index (χ3n) is 4.59. The molecule has 0 unspecified atom stereocenters. The summed E-state index contributed by atoms with van der Waals surface area (Å²) in [5.74, 6) is 1.06. The first-order valence-electron chi connectivity index (χ1n) is 9.10. The average molecular weight is 427 g/mol. The molecule has 0 fully saturated rings. The molecule has 2 aromatic carbocycles. The van der Waals surface area contributed by atoms with Gasteiger partial charge in [0, 0.05) is 18.0 Å². The number of pyridine rings is 1. The maximum atomic E-state index is 11.8. The molecule has 148 valence electrons. The first kappa shape index (κ1) is 19.5. The topological polar surface area (TPSA) is 60.7 Å². The molecule has 0 aliphatic rings. The molecule has 0 amide bonds. The summed E-state index contributed by atoms with van der Waals surface area (Å²) in [6.45, 7) is 2.05. The second-order valence-corrected chi connectivity index (χ2v) is 9.11. The molecule has 4 rings (SSSR count). The van der Waals surface area contributed by atoms with E-state index in [1.165, 1.54) is 12.3 Å². The van der Waals surface area contributed by atoms with Crippen molar-refractivity contribution < 1.29 is 13.2 Å². The van der Waals surface area contributed by atoms with Crippen molar-refractivity contribution in [3.8, 4) is 22.8 Å². The number of fused-ring (bicyclic) bond motifs is 1. The number of nitrogens with zero attached hydrogens (tertiary/aromatic N) is 2. The molecular formula is C22H19ClN2O3S. The van der Waals surface area contributed by atoms with E-state index in [2.05, 4.69) is 11.9 Å². The van der Waals surface area contributed by atoms with E-state index in [1.54, 1.807) is 18.2 Å². The first-order chi connectivity index (χ1) is 13.9. The number of aromatic nitrogens is 2. The number of ether oxygens (including phenoxy) is 1. The molecule has 5 nitrogen and oxygen atoms in total. The van der Waals surface area contributed by atoms with Crippen molar-refractivity contribution in [1.82, 2.24) is 9.38 Å². The summed E-state index contributed by atoms with van der Waals surface area (Å²) in [6.07, 6.45) is 3.87. The van der Waals surface area contributed by atoms with Gasteiger partial charge in [0.15, 0.2) is 15.5 Å². The number of benzene rings is 2. The van der Waals surface area contributed by atoms with Crippen molar-refractivity contribution in [3.63, 3.8) is 0 Å². The second-order valence-electron chi connectivity index (χ2n) is 6.69. The Hall–Kier alpha value is -2.83. The standard InChI is InChI=1S/C22H19ClN2O3S/c1-3-20-21(25-12-6-11-19(23)22(25)24-20)15-7-4-8-16(13-15)28-17-9-5-10-18(14-17)29(2,26)27/h4-14H,3H2,1-2H3. The minimum atomic E-state index is -3.30. The fourth-order valence-electron chi connectivity index (χ4n) is 3.24. The molecule has 0 radical (unpaired) electrons. The molecule has 4 aromatic rings. The predicted octanol–water partition coefficient (Wildman–Crippen LogP) is 5.41. The molecule has 0 saturated carbocycles. The van der Waals surface area contributed by atoms with Crippen LogP contribution in [0.3, 0.4) is 0 Å². The van der Waals surface area contributed by atoms with Gasteiger partial charge in [-0.05, 0) is 48.9 Å². The fourth-order valence-corrected chi connectivity index (χ4v) is 4.11. The summed E-state index contributed by atoms with van der Waals surface area (Å²) in [7, 11) is -3.30. The summed E-state index contributed by atoms with van der Waals surface area (Å²) in [6, 6.07) is 17.8. The maximum Gasteiger partial charge on any atom is 0.175 e. The Bertz CT molecular complexity index is 1310. The average Bonchev–Trinajstić information content (AvgIpc) is 3.08. The Labute approximate surface area is 174 Å². The number of rotatable bonds is 5. The van der Waals surface area contributed by atoms with Crippen LogP contribution in [0, 0.1) is 0 Å². The molecular weight excluding hydrogens is 408 g/mol. The number of hydrogen-bond acceptors (Lipinski definition) is 4. The van der Waals surface area contributed by atoms with E-state index in [0.29, 0.717) is 22.2 Å². The number of aryl methyl sites for hydroxylation is 1. The zero-order valence-electron chi connectivity index (χ0n) is 16.0. The minimum absolute atomic E-state index is 0.218. The van der Waals surface area contributed by atoms with Gasteiger partial charge in [0.1, 0.15) is 11.5 Å².